The van der Waals surface area contributed by atoms with Crippen LogP contribution in [0.4, 0.5) is 0 Å². The van der Waals surface area contributed by atoms with Crippen LogP contribution in [0.5, 0.6) is 0 Å². The minimum atomic E-state index is -4.65. The summed E-state index contributed by atoms with van der Waals surface area (Å²) >= 11 is 0. The summed E-state index contributed by atoms with van der Waals surface area (Å²) in [5.41, 5.74) is -1.28. The number of rotatable bonds is 5. The lowest BCUT2D eigenvalue weighted by atomic mass is 9.90. The predicted molar refractivity (Wildman–Crippen MR) is 53.8 cm³/mol. The van der Waals surface area contributed by atoms with Gasteiger partial charge in [0.05, 0.1) is 13.2 Å². The Morgan fingerprint density at radius 1 is 1.56 bits per heavy atom. The molecule has 1 fully saturated rings. The van der Waals surface area contributed by atoms with Crippen molar-refractivity contribution in [1.82, 2.24) is 0 Å². The van der Waals surface area contributed by atoms with Crippen molar-refractivity contribution in [3.63, 3.8) is 0 Å². The first-order valence-electron chi connectivity index (χ1n) is 4.91. The van der Waals surface area contributed by atoms with Gasteiger partial charge in [-0.1, -0.05) is 0 Å². The quantitative estimate of drug-likeness (QED) is 0.577. The van der Waals surface area contributed by atoms with E-state index in [-0.39, 0.29) is 13.2 Å². The molecule has 1 aliphatic heterocycles. The summed E-state index contributed by atoms with van der Waals surface area (Å²) in [6.45, 7) is 0.0217. The third-order valence-electron chi connectivity index (χ3n) is 2.51. The minimum absolute atomic E-state index is 0.0384. The Labute approximate surface area is 93.6 Å². The average molecular weight is 256 g/mol. The van der Waals surface area contributed by atoms with E-state index in [2.05, 4.69) is 0 Å². The van der Waals surface area contributed by atoms with Crippen LogP contribution in [0.25, 0.3) is 0 Å². The summed E-state index contributed by atoms with van der Waals surface area (Å²) in [6.07, 6.45) is 0.186. The highest BCUT2D eigenvalue weighted by Gasteiger charge is 2.47. The molecule has 16 heavy (non-hydrogen) atoms. The highest BCUT2D eigenvalue weighted by Crippen LogP contribution is 2.46. The minimum Gasteiger partial charge on any atom is -0.394 e. The van der Waals surface area contributed by atoms with Crippen LogP contribution < -0.4 is 0 Å². The van der Waals surface area contributed by atoms with Gasteiger partial charge >= 0.3 is 7.82 Å². The van der Waals surface area contributed by atoms with Crippen molar-refractivity contribution in [3.05, 3.63) is 0 Å². The number of methoxy groups -OCH3 is 1. The Morgan fingerprint density at radius 2 is 2.25 bits per heavy atom. The first-order valence-corrected chi connectivity index (χ1v) is 6.44. The first kappa shape index (κ1) is 14.1. The Morgan fingerprint density at radius 3 is 2.75 bits per heavy atom. The van der Waals surface area contributed by atoms with Crippen molar-refractivity contribution in [2.24, 2.45) is 0 Å². The SMILES string of the molecule is COCC1(OP(=O)(O)O)CCCOC1CO. The van der Waals surface area contributed by atoms with Gasteiger partial charge in [0, 0.05) is 13.7 Å². The van der Waals surface area contributed by atoms with Gasteiger partial charge in [-0.05, 0) is 12.8 Å². The molecule has 0 bridgehead atoms. The molecule has 0 aromatic carbocycles. The van der Waals surface area contributed by atoms with Gasteiger partial charge < -0.3 is 24.4 Å². The second kappa shape index (κ2) is 5.55. The fourth-order valence-corrected chi connectivity index (χ4v) is 2.64. The zero-order valence-electron chi connectivity index (χ0n) is 9.03. The normalized spacial score (nSPS) is 31.6. The third kappa shape index (κ3) is 3.49. The van der Waals surface area contributed by atoms with Gasteiger partial charge in [-0.2, -0.15) is 0 Å². The number of ether oxygens (including phenoxy) is 2. The highest BCUT2D eigenvalue weighted by molar-refractivity contribution is 7.46. The molecule has 96 valence electrons. The molecule has 3 N–H and O–H groups in total. The van der Waals surface area contributed by atoms with Gasteiger partial charge in [0.15, 0.2) is 0 Å². The van der Waals surface area contributed by atoms with Crippen LogP contribution in [0, 0.1) is 0 Å². The molecular formula is C8H17O7P. The first-order chi connectivity index (χ1) is 7.43. The molecule has 1 rings (SSSR count). The molecule has 0 spiro atoms. The van der Waals surface area contributed by atoms with Crippen LogP contribution >= 0.6 is 7.82 Å². The molecule has 0 radical (unpaired) electrons. The maximum absolute atomic E-state index is 10.9. The molecule has 7 nitrogen and oxygen atoms in total. The van der Waals surface area contributed by atoms with Crippen LogP contribution in [-0.4, -0.2) is 53.5 Å². The maximum atomic E-state index is 10.9. The molecule has 0 aromatic heterocycles. The summed E-state index contributed by atoms with van der Waals surface area (Å²) in [7, 11) is -3.25. The number of aliphatic hydroxyl groups excluding tert-OH is 1. The van der Waals surface area contributed by atoms with E-state index < -0.39 is 19.5 Å². The van der Waals surface area contributed by atoms with Gasteiger partial charge in [-0.25, -0.2) is 4.57 Å². The monoisotopic (exact) mass is 256 g/mol. The van der Waals surface area contributed by atoms with Crippen LogP contribution in [0.1, 0.15) is 12.8 Å². The van der Waals surface area contributed by atoms with E-state index in [0.717, 1.165) is 0 Å². The van der Waals surface area contributed by atoms with E-state index in [0.29, 0.717) is 19.4 Å². The van der Waals surface area contributed by atoms with E-state index in [1.807, 2.05) is 0 Å². The lowest BCUT2D eigenvalue weighted by Gasteiger charge is -2.41. The van der Waals surface area contributed by atoms with Crippen molar-refractivity contribution >= 4 is 7.82 Å². The van der Waals surface area contributed by atoms with Gasteiger partial charge in [-0.3, -0.25) is 4.52 Å². The predicted octanol–water partition coefficient (Wildman–Crippen LogP) is -0.348. The summed E-state index contributed by atoms with van der Waals surface area (Å²) in [5, 5.41) is 9.14. The number of phosphoric acid groups is 1. The van der Waals surface area contributed by atoms with Gasteiger partial charge in [0.25, 0.3) is 0 Å². The number of hydrogen-bond donors (Lipinski definition) is 3. The van der Waals surface area contributed by atoms with Crippen molar-refractivity contribution in [1.29, 1.82) is 0 Å². The smallest absolute Gasteiger partial charge is 0.394 e. The topological polar surface area (TPSA) is 105 Å². The summed E-state index contributed by atoms with van der Waals surface area (Å²) in [6, 6.07) is 0. The molecule has 0 saturated carbocycles. The molecule has 1 heterocycles. The zero-order chi connectivity index (χ0) is 12.2. The third-order valence-corrected chi connectivity index (χ3v) is 3.11. The molecule has 1 aliphatic rings. The average Bonchev–Trinajstić information content (AvgIpc) is 2.16. The van der Waals surface area contributed by atoms with E-state index in [9.17, 15) is 4.57 Å². The van der Waals surface area contributed by atoms with Gasteiger partial charge in [0.1, 0.15) is 11.7 Å². The Bertz CT molecular complexity index is 261. The summed E-state index contributed by atoms with van der Waals surface area (Å²) in [4.78, 5) is 17.7. The molecular weight excluding hydrogens is 239 g/mol. The molecule has 0 aliphatic carbocycles. The van der Waals surface area contributed by atoms with Gasteiger partial charge in [-0.15, -0.1) is 0 Å². The molecule has 8 heteroatoms. The van der Waals surface area contributed by atoms with E-state index in [4.69, 9.17) is 28.9 Å². The molecule has 2 atom stereocenters. The molecule has 2 unspecified atom stereocenters. The second-order valence-electron chi connectivity index (χ2n) is 3.73. The van der Waals surface area contributed by atoms with E-state index >= 15 is 0 Å². The van der Waals surface area contributed by atoms with Crippen molar-refractivity contribution in [3.8, 4) is 0 Å². The fourth-order valence-electron chi connectivity index (χ4n) is 1.91. The van der Waals surface area contributed by atoms with Crippen LogP contribution in [0.2, 0.25) is 0 Å². The van der Waals surface area contributed by atoms with E-state index in [1.54, 1.807) is 0 Å². The molecule has 0 amide bonds. The van der Waals surface area contributed by atoms with Crippen molar-refractivity contribution in [2.45, 2.75) is 24.5 Å². The second-order valence-corrected chi connectivity index (χ2v) is 4.89. The van der Waals surface area contributed by atoms with Crippen LogP contribution in [-0.2, 0) is 18.6 Å². The fraction of sp³-hybridized carbons (Fsp3) is 1.00. The molecule has 1 saturated heterocycles. The lowest BCUT2D eigenvalue weighted by Crippen LogP contribution is -2.54. The summed E-state index contributed by atoms with van der Waals surface area (Å²) < 4.78 is 25.8. The van der Waals surface area contributed by atoms with Crippen molar-refractivity contribution in [2.75, 3.05) is 26.9 Å². The zero-order valence-corrected chi connectivity index (χ0v) is 9.93. The molecule has 0 aromatic rings. The Kier molecular flexibility index (Phi) is 4.88. The number of aliphatic hydroxyl groups is 1. The van der Waals surface area contributed by atoms with Crippen LogP contribution in [0.15, 0.2) is 0 Å². The largest absolute Gasteiger partial charge is 0.470 e. The van der Waals surface area contributed by atoms with Gasteiger partial charge in [0.2, 0.25) is 0 Å². The van der Waals surface area contributed by atoms with E-state index in [1.165, 1.54) is 7.11 Å². The van der Waals surface area contributed by atoms with Crippen molar-refractivity contribution < 1.29 is 33.5 Å². The Balaban J connectivity index is 2.87. The summed E-state index contributed by atoms with van der Waals surface area (Å²) in [5.74, 6) is 0. The maximum Gasteiger partial charge on any atom is 0.470 e. The Hall–Kier alpha value is -0.0100. The highest BCUT2D eigenvalue weighted by atomic mass is 31.2. The number of hydrogen-bond acceptors (Lipinski definition) is 5. The number of phosphoric ester groups is 1. The van der Waals surface area contributed by atoms with Crippen LogP contribution in [0.3, 0.4) is 0 Å². The lowest BCUT2D eigenvalue weighted by molar-refractivity contribution is -0.173. The standard InChI is InChI=1S/C8H17O7P/c1-13-6-8(15-16(10,11)12)3-2-4-14-7(8)5-9/h7,9H,2-6H2,1H3,(H2,10,11,12).